The van der Waals surface area contributed by atoms with Gasteiger partial charge in [0, 0.05) is 17.6 Å². The van der Waals surface area contributed by atoms with Crippen molar-refractivity contribution in [1.29, 1.82) is 0 Å². The molecule has 0 aliphatic heterocycles. The average Bonchev–Trinajstić information content (AvgIpc) is 2.13. The van der Waals surface area contributed by atoms with Gasteiger partial charge in [-0.25, -0.2) is 0 Å². The lowest BCUT2D eigenvalue weighted by Gasteiger charge is -2.09. The standard InChI is InChI=1S/C9H10F3N3O/c1-5-2-7(13)6(3-14-5)8(16)15-4-9(10,11)12/h2-3H,4H2,1H3,(H2,13,14)(H,15,16). The first-order chi connectivity index (χ1) is 7.29. The summed E-state index contributed by atoms with van der Waals surface area (Å²) in [4.78, 5) is 15.1. The summed E-state index contributed by atoms with van der Waals surface area (Å²) in [7, 11) is 0. The third-order valence-electron chi connectivity index (χ3n) is 1.77. The Labute approximate surface area is 89.7 Å². The molecule has 0 unspecified atom stereocenters. The summed E-state index contributed by atoms with van der Waals surface area (Å²) in [5.41, 5.74) is 6.11. The highest BCUT2D eigenvalue weighted by atomic mass is 19.4. The van der Waals surface area contributed by atoms with Gasteiger partial charge in [0.25, 0.3) is 5.91 Å². The number of aryl methyl sites for hydroxylation is 1. The molecular formula is C9H10F3N3O. The van der Waals surface area contributed by atoms with Gasteiger partial charge >= 0.3 is 6.18 Å². The molecule has 0 aromatic carbocycles. The number of nitrogens with zero attached hydrogens (tertiary/aromatic N) is 1. The average molecular weight is 233 g/mol. The van der Waals surface area contributed by atoms with Gasteiger partial charge in [0.15, 0.2) is 0 Å². The van der Waals surface area contributed by atoms with E-state index < -0.39 is 18.6 Å². The van der Waals surface area contributed by atoms with Crippen molar-refractivity contribution in [3.05, 3.63) is 23.5 Å². The zero-order valence-electron chi connectivity index (χ0n) is 8.43. The van der Waals surface area contributed by atoms with E-state index in [0.717, 1.165) is 6.20 Å². The largest absolute Gasteiger partial charge is 0.405 e. The molecule has 0 bridgehead atoms. The third-order valence-corrected chi connectivity index (χ3v) is 1.77. The molecule has 0 aliphatic carbocycles. The summed E-state index contributed by atoms with van der Waals surface area (Å²) in [6.45, 7) is 0.271. The molecule has 16 heavy (non-hydrogen) atoms. The number of carbonyl (C=O) groups excluding carboxylic acids is 1. The normalized spacial score (nSPS) is 11.2. The lowest BCUT2D eigenvalue weighted by Crippen LogP contribution is -2.34. The number of nitrogen functional groups attached to an aromatic ring is 1. The molecule has 4 nitrogen and oxygen atoms in total. The van der Waals surface area contributed by atoms with Gasteiger partial charge in [0.05, 0.1) is 5.56 Å². The van der Waals surface area contributed by atoms with Crippen LogP contribution in [-0.2, 0) is 0 Å². The minimum absolute atomic E-state index is 0.0603. The monoisotopic (exact) mass is 233 g/mol. The van der Waals surface area contributed by atoms with Crippen molar-refractivity contribution in [2.45, 2.75) is 13.1 Å². The van der Waals surface area contributed by atoms with Crippen molar-refractivity contribution in [3.8, 4) is 0 Å². The Hall–Kier alpha value is -1.79. The number of aromatic nitrogens is 1. The van der Waals surface area contributed by atoms with Gasteiger partial charge in [-0.2, -0.15) is 13.2 Å². The van der Waals surface area contributed by atoms with Crippen molar-refractivity contribution >= 4 is 11.6 Å². The number of nitrogens with one attached hydrogen (secondary N) is 1. The molecule has 0 saturated heterocycles. The maximum absolute atomic E-state index is 11.8. The molecule has 1 heterocycles. The van der Waals surface area contributed by atoms with Crippen molar-refractivity contribution < 1.29 is 18.0 Å². The SMILES string of the molecule is Cc1cc(N)c(C(=O)NCC(F)(F)F)cn1. The molecule has 1 rings (SSSR count). The van der Waals surface area contributed by atoms with E-state index in [4.69, 9.17) is 5.73 Å². The van der Waals surface area contributed by atoms with E-state index in [2.05, 4.69) is 4.98 Å². The number of halogens is 3. The van der Waals surface area contributed by atoms with Gasteiger partial charge in [0.2, 0.25) is 0 Å². The number of alkyl halides is 3. The Kier molecular flexibility index (Phi) is 3.36. The summed E-state index contributed by atoms with van der Waals surface area (Å²) in [5, 5.41) is 1.72. The number of carbonyl (C=O) groups is 1. The van der Waals surface area contributed by atoms with Crippen LogP contribution >= 0.6 is 0 Å². The van der Waals surface area contributed by atoms with Crippen LogP contribution in [0.1, 0.15) is 16.1 Å². The first kappa shape index (κ1) is 12.3. The van der Waals surface area contributed by atoms with E-state index >= 15 is 0 Å². The van der Waals surface area contributed by atoms with Crippen molar-refractivity contribution in [1.82, 2.24) is 10.3 Å². The Balaban J connectivity index is 2.74. The summed E-state index contributed by atoms with van der Waals surface area (Å²) in [6, 6.07) is 1.42. The zero-order valence-corrected chi connectivity index (χ0v) is 8.43. The van der Waals surface area contributed by atoms with Crippen LogP contribution < -0.4 is 11.1 Å². The van der Waals surface area contributed by atoms with Crippen molar-refractivity contribution in [2.75, 3.05) is 12.3 Å². The maximum atomic E-state index is 11.8. The molecule has 0 saturated carbocycles. The highest BCUT2D eigenvalue weighted by molar-refractivity contribution is 5.98. The van der Waals surface area contributed by atoms with Crippen LogP contribution in [0.4, 0.5) is 18.9 Å². The fraction of sp³-hybridized carbons (Fsp3) is 0.333. The van der Waals surface area contributed by atoms with E-state index in [1.807, 2.05) is 0 Å². The minimum Gasteiger partial charge on any atom is -0.398 e. The molecule has 0 fully saturated rings. The molecule has 0 atom stereocenters. The second-order valence-corrected chi connectivity index (χ2v) is 3.21. The summed E-state index contributed by atoms with van der Waals surface area (Å²) in [5.74, 6) is -0.887. The maximum Gasteiger partial charge on any atom is 0.405 e. The molecule has 0 spiro atoms. The van der Waals surface area contributed by atoms with Crippen LogP contribution in [-0.4, -0.2) is 23.6 Å². The molecule has 1 aromatic heterocycles. The number of rotatable bonds is 2. The third kappa shape index (κ3) is 3.41. The zero-order chi connectivity index (χ0) is 12.3. The molecule has 0 radical (unpaired) electrons. The second kappa shape index (κ2) is 4.38. The highest BCUT2D eigenvalue weighted by Gasteiger charge is 2.28. The summed E-state index contributed by atoms with van der Waals surface area (Å²) < 4.78 is 35.5. The van der Waals surface area contributed by atoms with Gasteiger partial charge in [-0.1, -0.05) is 0 Å². The predicted octanol–water partition coefficient (Wildman–Crippen LogP) is 1.26. The number of pyridine rings is 1. The van der Waals surface area contributed by atoms with Crippen LogP contribution in [0.3, 0.4) is 0 Å². The van der Waals surface area contributed by atoms with Crippen LogP contribution in [0.25, 0.3) is 0 Å². The topological polar surface area (TPSA) is 68.0 Å². The van der Waals surface area contributed by atoms with E-state index in [-0.39, 0.29) is 11.3 Å². The van der Waals surface area contributed by atoms with E-state index in [1.54, 1.807) is 12.2 Å². The Morgan fingerprint density at radius 2 is 2.19 bits per heavy atom. The smallest absolute Gasteiger partial charge is 0.398 e. The first-order valence-corrected chi connectivity index (χ1v) is 4.36. The minimum atomic E-state index is -4.44. The highest BCUT2D eigenvalue weighted by Crippen LogP contribution is 2.14. The van der Waals surface area contributed by atoms with Gasteiger partial charge < -0.3 is 11.1 Å². The molecule has 7 heteroatoms. The van der Waals surface area contributed by atoms with Gasteiger partial charge in [-0.15, -0.1) is 0 Å². The number of anilines is 1. The number of hydrogen-bond acceptors (Lipinski definition) is 3. The summed E-state index contributed by atoms with van der Waals surface area (Å²) in [6.07, 6.45) is -3.29. The lowest BCUT2D eigenvalue weighted by atomic mass is 10.2. The Bertz CT molecular complexity index is 403. The summed E-state index contributed by atoms with van der Waals surface area (Å²) >= 11 is 0. The molecule has 1 aromatic rings. The number of hydrogen-bond donors (Lipinski definition) is 2. The quantitative estimate of drug-likeness (QED) is 0.808. The van der Waals surface area contributed by atoms with Gasteiger partial charge in [-0.3, -0.25) is 9.78 Å². The fourth-order valence-electron chi connectivity index (χ4n) is 1.05. The van der Waals surface area contributed by atoms with Crippen LogP contribution in [0.2, 0.25) is 0 Å². The second-order valence-electron chi connectivity index (χ2n) is 3.21. The van der Waals surface area contributed by atoms with Gasteiger partial charge in [0.1, 0.15) is 6.54 Å². The molecule has 1 amide bonds. The Morgan fingerprint density at radius 1 is 1.56 bits per heavy atom. The Morgan fingerprint density at radius 3 is 2.69 bits per heavy atom. The van der Waals surface area contributed by atoms with Crippen LogP contribution in [0.5, 0.6) is 0 Å². The molecular weight excluding hydrogens is 223 g/mol. The van der Waals surface area contributed by atoms with E-state index in [9.17, 15) is 18.0 Å². The van der Waals surface area contributed by atoms with Crippen LogP contribution in [0.15, 0.2) is 12.3 Å². The number of amides is 1. The first-order valence-electron chi connectivity index (χ1n) is 4.36. The number of nitrogens with two attached hydrogens (primary N) is 1. The van der Waals surface area contributed by atoms with Gasteiger partial charge in [-0.05, 0) is 13.0 Å². The molecule has 3 N–H and O–H groups in total. The molecule has 0 aliphatic rings. The lowest BCUT2D eigenvalue weighted by molar-refractivity contribution is -0.123. The van der Waals surface area contributed by atoms with E-state index in [1.165, 1.54) is 6.07 Å². The van der Waals surface area contributed by atoms with Crippen LogP contribution in [0, 0.1) is 6.92 Å². The fourth-order valence-corrected chi connectivity index (χ4v) is 1.05. The molecule has 88 valence electrons. The van der Waals surface area contributed by atoms with E-state index in [0.29, 0.717) is 5.69 Å². The van der Waals surface area contributed by atoms with Crippen molar-refractivity contribution in [2.24, 2.45) is 0 Å². The van der Waals surface area contributed by atoms with Crippen molar-refractivity contribution in [3.63, 3.8) is 0 Å². The predicted molar refractivity (Wildman–Crippen MR) is 51.8 cm³/mol.